The SMILES string of the molecule is CCC(C)(N)c1ccc[nH]1. The minimum absolute atomic E-state index is 0.191. The van der Waals surface area contributed by atoms with Gasteiger partial charge in [-0.05, 0) is 25.5 Å². The molecule has 10 heavy (non-hydrogen) atoms. The molecule has 0 fully saturated rings. The molecule has 3 N–H and O–H groups in total. The first kappa shape index (κ1) is 7.35. The van der Waals surface area contributed by atoms with Crippen LogP contribution in [0, 0.1) is 0 Å². The van der Waals surface area contributed by atoms with Crippen LogP contribution in [0.25, 0.3) is 0 Å². The van der Waals surface area contributed by atoms with Gasteiger partial charge in [0.25, 0.3) is 0 Å². The number of hydrogen-bond donors (Lipinski definition) is 2. The highest BCUT2D eigenvalue weighted by Gasteiger charge is 2.18. The lowest BCUT2D eigenvalue weighted by Gasteiger charge is -2.20. The summed E-state index contributed by atoms with van der Waals surface area (Å²) in [4.78, 5) is 3.10. The predicted octanol–water partition coefficient (Wildman–Crippen LogP) is 1.60. The van der Waals surface area contributed by atoms with E-state index in [4.69, 9.17) is 5.73 Å². The zero-order chi connectivity index (χ0) is 7.61. The third-order valence-corrected chi connectivity index (χ3v) is 1.95. The molecule has 0 aromatic carbocycles. The van der Waals surface area contributed by atoms with Gasteiger partial charge in [-0.2, -0.15) is 0 Å². The van der Waals surface area contributed by atoms with Gasteiger partial charge >= 0.3 is 0 Å². The second-order valence-electron chi connectivity index (χ2n) is 2.85. The molecule has 0 bridgehead atoms. The fourth-order valence-corrected chi connectivity index (χ4v) is 0.876. The summed E-state index contributed by atoms with van der Waals surface area (Å²) in [7, 11) is 0. The molecule has 1 unspecified atom stereocenters. The number of aromatic nitrogens is 1. The van der Waals surface area contributed by atoms with Crippen LogP contribution in [0.15, 0.2) is 18.3 Å². The van der Waals surface area contributed by atoms with Crippen LogP contribution in [0.2, 0.25) is 0 Å². The minimum atomic E-state index is -0.191. The van der Waals surface area contributed by atoms with Gasteiger partial charge in [-0.15, -0.1) is 0 Å². The molecule has 0 saturated carbocycles. The molecular formula is C8H14N2. The zero-order valence-electron chi connectivity index (χ0n) is 6.52. The number of nitrogens with one attached hydrogen (secondary N) is 1. The lowest BCUT2D eigenvalue weighted by atomic mass is 9.97. The van der Waals surface area contributed by atoms with Crippen LogP contribution >= 0.6 is 0 Å². The third kappa shape index (κ3) is 1.21. The van der Waals surface area contributed by atoms with Crippen molar-refractivity contribution in [1.29, 1.82) is 0 Å². The molecule has 56 valence electrons. The van der Waals surface area contributed by atoms with Crippen molar-refractivity contribution in [2.45, 2.75) is 25.8 Å². The normalized spacial score (nSPS) is 16.7. The number of rotatable bonds is 2. The number of aromatic amines is 1. The average molecular weight is 138 g/mol. The first-order valence-corrected chi connectivity index (χ1v) is 3.59. The topological polar surface area (TPSA) is 41.8 Å². The maximum Gasteiger partial charge on any atom is 0.0530 e. The Hall–Kier alpha value is -0.760. The Balaban J connectivity index is 2.85. The molecule has 2 heteroatoms. The molecule has 2 nitrogen and oxygen atoms in total. The van der Waals surface area contributed by atoms with Gasteiger partial charge in [-0.1, -0.05) is 6.92 Å². The van der Waals surface area contributed by atoms with Crippen LogP contribution in [-0.4, -0.2) is 4.98 Å². The van der Waals surface area contributed by atoms with E-state index in [-0.39, 0.29) is 5.54 Å². The van der Waals surface area contributed by atoms with Gasteiger partial charge in [0.1, 0.15) is 0 Å². The second kappa shape index (κ2) is 2.46. The van der Waals surface area contributed by atoms with E-state index in [1.54, 1.807) is 0 Å². The maximum atomic E-state index is 5.95. The van der Waals surface area contributed by atoms with Crippen molar-refractivity contribution in [3.63, 3.8) is 0 Å². The van der Waals surface area contributed by atoms with Gasteiger partial charge in [0.15, 0.2) is 0 Å². The zero-order valence-corrected chi connectivity index (χ0v) is 6.52. The molecule has 0 aliphatic carbocycles. The summed E-state index contributed by atoms with van der Waals surface area (Å²) in [6.07, 6.45) is 2.85. The number of nitrogens with two attached hydrogens (primary N) is 1. The summed E-state index contributed by atoms with van der Waals surface area (Å²) < 4.78 is 0. The summed E-state index contributed by atoms with van der Waals surface area (Å²) >= 11 is 0. The Kier molecular flexibility index (Phi) is 1.81. The van der Waals surface area contributed by atoms with Crippen LogP contribution < -0.4 is 5.73 Å². The van der Waals surface area contributed by atoms with Crippen LogP contribution in [0.3, 0.4) is 0 Å². The van der Waals surface area contributed by atoms with Crippen LogP contribution in [-0.2, 0) is 5.54 Å². The Morgan fingerprint density at radius 2 is 2.40 bits per heavy atom. The molecule has 1 aromatic heterocycles. The van der Waals surface area contributed by atoms with E-state index in [9.17, 15) is 0 Å². The molecule has 1 aromatic rings. The number of H-pyrrole nitrogens is 1. The Morgan fingerprint density at radius 3 is 2.80 bits per heavy atom. The largest absolute Gasteiger partial charge is 0.363 e. The van der Waals surface area contributed by atoms with Crippen molar-refractivity contribution in [3.05, 3.63) is 24.0 Å². The summed E-state index contributed by atoms with van der Waals surface area (Å²) in [6, 6.07) is 3.99. The van der Waals surface area contributed by atoms with Crippen molar-refractivity contribution < 1.29 is 0 Å². The molecule has 1 heterocycles. The van der Waals surface area contributed by atoms with Crippen LogP contribution in [0.5, 0.6) is 0 Å². The quantitative estimate of drug-likeness (QED) is 0.640. The fraction of sp³-hybridized carbons (Fsp3) is 0.500. The summed E-state index contributed by atoms with van der Waals surface area (Å²) in [5.74, 6) is 0. The van der Waals surface area contributed by atoms with E-state index in [1.807, 2.05) is 25.3 Å². The molecule has 0 radical (unpaired) electrons. The minimum Gasteiger partial charge on any atom is -0.363 e. The van der Waals surface area contributed by atoms with E-state index in [1.165, 1.54) is 0 Å². The van der Waals surface area contributed by atoms with Crippen molar-refractivity contribution in [1.82, 2.24) is 4.98 Å². The predicted molar refractivity (Wildman–Crippen MR) is 42.6 cm³/mol. The van der Waals surface area contributed by atoms with Crippen LogP contribution in [0.4, 0.5) is 0 Å². The Bertz CT molecular complexity index is 187. The second-order valence-corrected chi connectivity index (χ2v) is 2.85. The van der Waals surface area contributed by atoms with Gasteiger partial charge < -0.3 is 10.7 Å². The lowest BCUT2D eigenvalue weighted by Crippen LogP contribution is -2.32. The van der Waals surface area contributed by atoms with Gasteiger partial charge in [0.05, 0.1) is 5.54 Å². The van der Waals surface area contributed by atoms with Gasteiger partial charge in [-0.25, -0.2) is 0 Å². The third-order valence-electron chi connectivity index (χ3n) is 1.95. The first-order valence-electron chi connectivity index (χ1n) is 3.59. The van der Waals surface area contributed by atoms with Crippen molar-refractivity contribution in [3.8, 4) is 0 Å². The van der Waals surface area contributed by atoms with Crippen molar-refractivity contribution in [2.75, 3.05) is 0 Å². The van der Waals surface area contributed by atoms with Gasteiger partial charge in [0.2, 0.25) is 0 Å². The molecule has 0 aliphatic rings. The van der Waals surface area contributed by atoms with Crippen molar-refractivity contribution >= 4 is 0 Å². The standard InChI is InChI=1S/C8H14N2/c1-3-8(2,9)7-5-4-6-10-7/h4-6,10H,3,9H2,1-2H3. The molecule has 0 amide bonds. The molecule has 0 saturated heterocycles. The summed E-state index contributed by atoms with van der Waals surface area (Å²) in [5.41, 5.74) is 6.87. The van der Waals surface area contributed by atoms with Crippen molar-refractivity contribution in [2.24, 2.45) is 5.73 Å². The monoisotopic (exact) mass is 138 g/mol. The molecule has 1 rings (SSSR count). The van der Waals surface area contributed by atoms with E-state index in [2.05, 4.69) is 11.9 Å². The van der Waals surface area contributed by atoms with E-state index >= 15 is 0 Å². The van der Waals surface area contributed by atoms with E-state index in [0.717, 1.165) is 12.1 Å². The smallest absolute Gasteiger partial charge is 0.0530 e. The van der Waals surface area contributed by atoms with Gasteiger partial charge in [0, 0.05) is 11.9 Å². The molecule has 0 aliphatic heterocycles. The van der Waals surface area contributed by atoms with E-state index < -0.39 is 0 Å². The summed E-state index contributed by atoms with van der Waals surface area (Å²) in [6.45, 7) is 4.11. The molecule has 0 spiro atoms. The Labute approximate surface area is 61.4 Å². The highest BCUT2D eigenvalue weighted by molar-refractivity contribution is 5.13. The average Bonchev–Trinajstić information content (AvgIpc) is 2.38. The molecule has 1 atom stereocenters. The van der Waals surface area contributed by atoms with Crippen LogP contribution in [0.1, 0.15) is 26.0 Å². The Morgan fingerprint density at radius 1 is 1.70 bits per heavy atom. The maximum absolute atomic E-state index is 5.95. The highest BCUT2D eigenvalue weighted by atomic mass is 14.8. The first-order chi connectivity index (χ1) is 4.67. The van der Waals surface area contributed by atoms with E-state index in [0.29, 0.717) is 0 Å². The fourth-order valence-electron chi connectivity index (χ4n) is 0.876. The molecular weight excluding hydrogens is 124 g/mol. The summed E-state index contributed by atoms with van der Waals surface area (Å²) in [5, 5.41) is 0. The highest BCUT2D eigenvalue weighted by Crippen LogP contribution is 2.18. The van der Waals surface area contributed by atoms with Gasteiger partial charge in [-0.3, -0.25) is 0 Å². The number of hydrogen-bond acceptors (Lipinski definition) is 1. The lowest BCUT2D eigenvalue weighted by molar-refractivity contribution is 0.464.